The fourth-order valence-electron chi connectivity index (χ4n) is 0.431. The third kappa shape index (κ3) is 5.70. The Hall–Kier alpha value is -1.92. The molecule has 7 heteroatoms. The lowest BCUT2D eigenvalue weighted by Gasteiger charge is -1.94. The van der Waals surface area contributed by atoms with E-state index in [1.54, 1.807) is 20.8 Å². The Bertz CT molecular complexity index is 270. The summed E-state index contributed by atoms with van der Waals surface area (Å²) in [7, 11) is 0. The van der Waals surface area contributed by atoms with Crippen molar-refractivity contribution in [1.82, 2.24) is 0 Å². The van der Waals surface area contributed by atoms with Gasteiger partial charge in [0.2, 0.25) is 5.96 Å². The van der Waals surface area contributed by atoms with Gasteiger partial charge >= 0.3 is 0 Å². The van der Waals surface area contributed by atoms with Crippen molar-refractivity contribution in [3.8, 4) is 0 Å². The van der Waals surface area contributed by atoms with Crippen LogP contribution in [0.2, 0.25) is 0 Å². The van der Waals surface area contributed by atoms with Crippen molar-refractivity contribution in [2.45, 2.75) is 20.8 Å². The lowest BCUT2D eigenvalue weighted by molar-refractivity contribution is 1.18. The average molecular weight is 197 g/mol. The minimum atomic E-state index is -0.101. The molecule has 0 atom stereocenters. The molecule has 0 aliphatic heterocycles. The number of hydrogen-bond acceptors (Lipinski definition) is 4. The highest BCUT2D eigenvalue weighted by Gasteiger charge is 1.95. The monoisotopic (exact) mass is 197 g/mol. The Morgan fingerprint density at radius 3 is 1.50 bits per heavy atom. The van der Waals surface area contributed by atoms with Gasteiger partial charge in [0.15, 0.2) is 0 Å². The van der Waals surface area contributed by atoms with Crippen molar-refractivity contribution >= 4 is 23.2 Å². The first-order valence-electron chi connectivity index (χ1n) is 3.91. The van der Waals surface area contributed by atoms with E-state index in [-0.39, 0.29) is 5.96 Å². The molecule has 0 aliphatic carbocycles. The Morgan fingerprint density at radius 1 is 0.714 bits per heavy atom. The summed E-state index contributed by atoms with van der Waals surface area (Å²) in [6.45, 7) is 5.08. The molecule has 0 rings (SSSR count). The third-order valence-corrected chi connectivity index (χ3v) is 1.20. The van der Waals surface area contributed by atoms with Gasteiger partial charge in [0, 0.05) is 0 Å². The van der Waals surface area contributed by atoms with Crippen LogP contribution in [0, 0.1) is 0 Å². The van der Waals surface area contributed by atoms with Crippen LogP contribution in [0.5, 0.6) is 0 Å². The van der Waals surface area contributed by atoms with Crippen molar-refractivity contribution in [2.75, 3.05) is 0 Å². The molecule has 6 N–H and O–H groups in total. The molecule has 0 aliphatic rings. The van der Waals surface area contributed by atoms with Crippen LogP contribution in [0.3, 0.4) is 0 Å². The van der Waals surface area contributed by atoms with E-state index in [9.17, 15) is 0 Å². The van der Waals surface area contributed by atoms with E-state index in [0.29, 0.717) is 17.3 Å². The Labute approximate surface area is 82.5 Å². The molecule has 0 heterocycles. The summed E-state index contributed by atoms with van der Waals surface area (Å²) in [6, 6.07) is 0. The second kappa shape index (κ2) is 5.68. The molecule has 0 unspecified atom stereocenters. The van der Waals surface area contributed by atoms with Gasteiger partial charge in [-0.05, 0) is 20.8 Å². The van der Waals surface area contributed by atoms with E-state index in [1.807, 2.05) is 0 Å². The number of amidine groups is 1. The van der Waals surface area contributed by atoms with Crippen LogP contribution in [0.4, 0.5) is 0 Å². The summed E-state index contributed by atoms with van der Waals surface area (Å²) in [6.07, 6.45) is 0. The molecule has 14 heavy (non-hydrogen) atoms. The molecule has 78 valence electrons. The van der Waals surface area contributed by atoms with Crippen LogP contribution in [-0.4, -0.2) is 23.2 Å². The topological polar surface area (TPSA) is 127 Å². The van der Waals surface area contributed by atoms with Gasteiger partial charge in [0.05, 0.1) is 11.4 Å². The Kier molecular flexibility index (Phi) is 4.90. The number of rotatable bonds is 3. The Balaban J connectivity index is 4.62. The summed E-state index contributed by atoms with van der Waals surface area (Å²) in [4.78, 5) is 0. The minimum Gasteiger partial charge on any atom is -0.386 e. The first kappa shape index (κ1) is 12.1. The zero-order valence-corrected chi connectivity index (χ0v) is 8.52. The summed E-state index contributed by atoms with van der Waals surface area (Å²) in [5.41, 5.74) is 16.7. The highest BCUT2D eigenvalue weighted by atomic mass is 15.3. The third-order valence-electron chi connectivity index (χ3n) is 1.20. The maximum absolute atomic E-state index is 5.30. The summed E-state index contributed by atoms with van der Waals surface area (Å²) in [5.74, 6) is 0.273. The molecule has 0 spiro atoms. The molecule has 0 aromatic carbocycles. The van der Waals surface area contributed by atoms with Crippen LogP contribution >= 0.6 is 0 Å². The zero-order chi connectivity index (χ0) is 11.1. The summed E-state index contributed by atoms with van der Waals surface area (Å²) >= 11 is 0. The summed E-state index contributed by atoms with van der Waals surface area (Å²) in [5, 5.41) is 14.7. The first-order chi connectivity index (χ1) is 6.43. The van der Waals surface area contributed by atoms with E-state index < -0.39 is 0 Å². The quantitative estimate of drug-likeness (QED) is 0.317. The number of nitrogens with zero attached hydrogens (tertiary/aromatic N) is 4. The Morgan fingerprint density at radius 2 is 1.14 bits per heavy atom. The van der Waals surface area contributed by atoms with E-state index in [4.69, 9.17) is 17.2 Å². The zero-order valence-electron chi connectivity index (χ0n) is 8.52. The number of nitrogens with two attached hydrogens (primary N) is 3. The fraction of sp³-hybridized carbons (Fsp3) is 0.429. The lowest BCUT2D eigenvalue weighted by Crippen LogP contribution is -2.22. The first-order valence-corrected chi connectivity index (χ1v) is 3.91. The van der Waals surface area contributed by atoms with Gasteiger partial charge in [-0.15, -0.1) is 10.2 Å². The molecule has 7 nitrogen and oxygen atoms in total. The highest BCUT2D eigenvalue weighted by molar-refractivity contribution is 6.40. The molecular formula is C7H15N7. The van der Waals surface area contributed by atoms with Crippen LogP contribution in [0.25, 0.3) is 0 Å². The number of hydrogen-bond donors (Lipinski definition) is 3. The van der Waals surface area contributed by atoms with Crippen molar-refractivity contribution < 1.29 is 0 Å². The minimum absolute atomic E-state index is 0.101. The van der Waals surface area contributed by atoms with Gasteiger partial charge in [-0.25, -0.2) is 0 Å². The smallest absolute Gasteiger partial charge is 0.211 e. The maximum Gasteiger partial charge on any atom is 0.211 e. The summed E-state index contributed by atoms with van der Waals surface area (Å²) < 4.78 is 0. The van der Waals surface area contributed by atoms with Gasteiger partial charge in [-0.3, -0.25) is 0 Å². The van der Waals surface area contributed by atoms with Crippen molar-refractivity contribution in [1.29, 1.82) is 0 Å². The maximum atomic E-state index is 5.30. The van der Waals surface area contributed by atoms with Gasteiger partial charge in [0.1, 0.15) is 5.84 Å². The van der Waals surface area contributed by atoms with Crippen LogP contribution in [0.15, 0.2) is 20.4 Å². The fourth-order valence-corrected chi connectivity index (χ4v) is 0.431. The standard InChI is InChI=1S/C7H15N7/c1-4(11-13-6(3)8)5(2)12-14-7(9)10/h1-3H3,(H2,8,13)(H4,9,10,14)/b11-4+,12-5+. The van der Waals surface area contributed by atoms with Crippen molar-refractivity contribution in [3.05, 3.63) is 0 Å². The SMILES string of the molecule is CC(N)=N/N=C(C)/C(C)=N/N=C(N)N. The van der Waals surface area contributed by atoms with E-state index in [2.05, 4.69) is 20.4 Å². The molecule has 0 fully saturated rings. The van der Waals surface area contributed by atoms with Crippen molar-refractivity contribution in [2.24, 2.45) is 37.6 Å². The predicted octanol–water partition coefficient (Wildman–Crippen LogP) is -0.611. The van der Waals surface area contributed by atoms with Gasteiger partial charge in [-0.2, -0.15) is 10.2 Å². The van der Waals surface area contributed by atoms with Crippen LogP contribution < -0.4 is 17.2 Å². The predicted molar refractivity (Wildman–Crippen MR) is 59.3 cm³/mol. The van der Waals surface area contributed by atoms with E-state index >= 15 is 0 Å². The van der Waals surface area contributed by atoms with Gasteiger partial charge < -0.3 is 17.2 Å². The molecular weight excluding hydrogens is 182 g/mol. The lowest BCUT2D eigenvalue weighted by atomic mass is 10.3. The highest BCUT2D eigenvalue weighted by Crippen LogP contribution is 1.87. The normalized spacial score (nSPS) is 14.1. The van der Waals surface area contributed by atoms with Crippen LogP contribution in [0.1, 0.15) is 20.8 Å². The van der Waals surface area contributed by atoms with Gasteiger partial charge in [-0.1, -0.05) is 0 Å². The van der Waals surface area contributed by atoms with E-state index in [1.165, 1.54) is 0 Å². The van der Waals surface area contributed by atoms with Gasteiger partial charge in [0.25, 0.3) is 0 Å². The molecule has 0 amide bonds. The molecule has 0 radical (unpaired) electrons. The molecule has 0 aromatic rings. The second-order valence-electron chi connectivity index (χ2n) is 2.64. The average Bonchev–Trinajstić information content (AvgIpc) is 2.09. The van der Waals surface area contributed by atoms with Crippen molar-refractivity contribution in [3.63, 3.8) is 0 Å². The largest absolute Gasteiger partial charge is 0.386 e. The number of guanidine groups is 1. The molecule has 0 aromatic heterocycles. The molecule has 0 saturated carbocycles. The van der Waals surface area contributed by atoms with E-state index in [0.717, 1.165) is 0 Å². The second-order valence-corrected chi connectivity index (χ2v) is 2.64. The molecule has 0 bridgehead atoms. The van der Waals surface area contributed by atoms with Crippen LogP contribution in [-0.2, 0) is 0 Å². The molecule has 0 saturated heterocycles.